The number of aromatic nitrogens is 1. The summed E-state index contributed by atoms with van der Waals surface area (Å²) < 4.78 is 0. The minimum absolute atomic E-state index is 0.0307. The number of aryl methyl sites for hydroxylation is 2. The molecule has 190 valence electrons. The van der Waals surface area contributed by atoms with Gasteiger partial charge in [-0.05, 0) is 98.9 Å². The van der Waals surface area contributed by atoms with E-state index in [4.69, 9.17) is 4.98 Å². The van der Waals surface area contributed by atoms with Crippen molar-refractivity contribution >= 4 is 35.0 Å². The number of benzene rings is 1. The Morgan fingerprint density at radius 2 is 1.92 bits per heavy atom. The Morgan fingerprint density at radius 1 is 1.14 bits per heavy atom. The van der Waals surface area contributed by atoms with Gasteiger partial charge in [-0.2, -0.15) is 5.26 Å². The van der Waals surface area contributed by atoms with E-state index in [1.807, 2.05) is 30.8 Å². The molecule has 1 aliphatic carbocycles. The summed E-state index contributed by atoms with van der Waals surface area (Å²) >= 11 is 1.83. The number of hydrogen-bond donors (Lipinski definition) is 1. The number of nitrogens with zero attached hydrogens (tertiary/aromatic N) is 4. The number of nitrogens with one attached hydrogen (secondary N) is 1. The summed E-state index contributed by atoms with van der Waals surface area (Å²) in [6.45, 7) is 9.86. The minimum Gasteiger partial charge on any atom is -0.371 e. The second kappa shape index (κ2) is 10.3. The van der Waals surface area contributed by atoms with Crippen molar-refractivity contribution in [2.45, 2.75) is 64.2 Å². The Morgan fingerprint density at radius 3 is 2.61 bits per heavy atom. The number of pyridine rings is 1. The fraction of sp³-hybridized carbons (Fsp3) is 0.552. The van der Waals surface area contributed by atoms with Crippen LogP contribution < -0.4 is 15.1 Å². The highest BCUT2D eigenvalue weighted by Gasteiger charge is 2.44. The first kappa shape index (κ1) is 25.0. The number of nitriles is 1. The zero-order valence-corrected chi connectivity index (χ0v) is 22.6. The predicted octanol–water partition coefficient (Wildman–Crippen LogP) is 6.18. The number of amides is 1. The molecule has 1 amide bonds. The van der Waals surface area contributed by atoms with Gasteiger partial charge < -0.3 is 15.1 Å². The third kappa shape index (κ3) is 5.34. The van der Waals surface area contributed by atoms with Gasteiger partial charge in [0.15, 0.2) is 0 Å². The molecule has 1 aromatic heterocycles. The first-order valence-electron chi connectivity index (χ1n) is 13.4. The lowest BCUT2D eigenvalue weighted by Gasteiger charge is -2.35. The normalized spacial score (nSPS) is 20.8. The molecule has 1 spiro atoms. The molecule has 2 aliphatic heterocycles. The first-order valence-corrected chi connectivity index (χ1v) is 14.4. The number of anilines is 3. The van der Waals surface area contributed by atoms with Crippen molar-refractivity contribution in [3.63, 3.8) is 0 Å². The number of hydrogen-bond acceptors (Lipinski definition) is 6. The molecule has 3 aliphatic rings. The third-order valence-corrected chi connectivity index (χ3v) is 8.93. The Bertz CT molecular complexity index is 1170. The van der Waals surface area contributed by atoms with Crippen LogP contribution in [0.1, 0.15) is 66.9 Å². The lowest BCUT2D eigenvalue weighted by atomic mass is 9.92. The lowest BCUT2D eigenvalue weighted by molar-refractivity contribution is 0.102. The SMILES string of the molecule is CCSc1cc(C)c(C(=O)Nc2cc(C)cc(N3CCC[C@@H](C#N)C3)n2)c(N2CCC3(CC2)CC3)c1. The molecule has 0 bridgehead atoms. The Labute approximate surface area is 219 Å². The van der Waals surface area contributed by atoms with E-state index in [1.54, 1.807) is 0 Å². The number of carbonyl (C=O) groups is 1. The molecule has 3 heterocycles. The van der Waals surface area contributed by atoms with Crippen LogP contribution in [0.2, 0.25) is 0 Å². The average Bonchev–Trinajstić information content (AvgIpc) is 3.62. The molecule has 1 N–H and O–H groups in total. The van der Waals surface area contributed by atoms with E-state index in [0.29, 0.717) is 17.8 Å². The summed E-state index contributed by atoms with van der Waals surface area (Å²) in [5, 5.41) is 12.5. The van der Waals surface area contributed by atoms with Gasteiger partial charge in [0, 0.05) is 31.1 Å². The Hall–Kier alpha value is -2.72. The smallest absolute Gasteiger partial charge is 0.259 e. The molecule has 36 heavy (non-hydrogen) atoms. The highest BCUT2D eigenvalue weighted by Crippen LogP contribution is 2.54. The van der Waals surface area contributed by atoms with E-state index in [9.17, 15) is 10.1 Å². The summed E-state index contributed by atoms with van der Waals surface area (Å²) in [7, 11) is 0. The minimum atomic E-state index is -0.0974. The Kier molecular flexibility index (Phi) is 7.16. The highest BCUT2D eigenvalue weighted by molar-refractivity contribution is 7.99. The van der Waals surface area contributed by atoms with Gasteiger partial charge >= 0.3 is 0 Å². The van der Waals surface area contributed by atoms with Crippen molar-refractivity contribution in [1.29, 1.82) is 5.26 Å². The molecule has 7 heteroatoms. The summed E-state index contributed by atoms with van der Waals surface area (Å²) in [5.41, 5.74) is 4.46. The Balaban J connectivity index is 1.41. The van der Waals surface area contributed by atoms with Crippen LogP contribution in [0.3, 0.4) is 0 Å². The van der Waals surface area contributed by atoms with E-state index in [-0.39, 0.29) is 11.8 Å². The van der Waals surface area contributed by atoms with Crippen molar-refractivity contribution in [2.24, 2.45) is 11.3 Å². The molecule has 1 saturated carbocycles. The molecule has 2 aromatic rings. The quantitative estimate of drug-likeness (QED) is 0.474. The molecule has 5 rings (SSSR count). The summed E-state index contributed by atoms with van der Waals surface area (Å²) in [4.78, 5) is 24.4. The van der Waals surface area contributed by atoms with Gasteiger partial charge in [0.25, 0.3) is 5.91 Å². The van der Waals surface area contributed by atoms with Crippen LogP contribution >= 0.6 is 11.8 Å². The molecular formula is C29H37N5OS. The van der Waals surface area contributed by atoms with Gasteiger partial charge in [-0.15, -0.1) is 11.8 Å². The van der Waals surface area contributed by atoms with E-state index < -0.39 is 0 Å². The summed E-state index contributed by atoms with van der Waals surface area (Å²) in [6.07, 6.45) is 7.10. The van der Waals surface area contributed by atoms with Crippen molar-refractivity contribution in [3.05, 3.63) is 41.0 Å². The van der Waals surface area contributed by atoms with Crippen LogP contribution in [0, 0.1) is 36.5 Å². The van der Waals surface area contributed by atoms with Crippen molar-refractivity contribution in [2.75, 3.05) is 47.0 Å². The molecule has 0 radical (unpaired) electrons. The van der Waals surface area contributed by atoms with Crippen LogP contribution in [0.15, 0.2) is 29.2 Å². The van der Waals surface area contributed by atoms with Crippen LogP contribution in [0.5, 0.6) is 0 Å². The predicted molar refractivity (Wildman–Crippen MR) is 148 cm³/mol. The molecule has 2 saturated heterocycles. The second-order valence-corrected chi connectivity index (χ2v) is 12.1. The van der Waals surface area contributed by atoms with Gasteiger partial charge in [0.2, 0.25) is 0 Å². The van der Waals surface area contributed by atoms with Crippen LogP contribution in [-0.4, -0.2) is 42.8 Å². The number of carbonyl (C=O) groups excluding carboxylic acids is 1. The molecule has 1 aromatic carbocycles. The van der Waals surface area contributed by atoms with Crippen LogP contribution in [0.4, 0.5) is 17.3 Å². The average molecular weight is 504 g/mol. The molecule has 6 nitrogen and oxygen atoms in total. The van der Waals surface area contributed by atoms with Crippen molar-refractivity contribution in [3.8, 4) is 6.07 Å². The largest absolute Gasteiger partial charge is 0.371 e. The summed E-state index contributed by atoms with van der Waals surface area (Å²) in [5.74, 6) is 2.35. The highest BCUT2D eigenvalue weighted by atomic mass is 32.2. The first-order chi connectivity index (χ1) is 17.4. The molecular weight excluding hydrogens is 466 g/mol. The van der Waals surface area contributed by atoms with Gasteiger partial charge in [0.1, 0.15) is 11.6 Å². The van der Waals surface area contributed by atoms with Crippen molar-refractivity contribution < 1.29 is 4.79 Å². The van der Waals surface area contributed by atoms with Crippen LogP contribution in [0.25, 0.3) is 0 Å². The molecule has 3 fully saturated rings. The maximum absolute atomic E-state index is 13.8. The molecule has 0 unspecified atom stereocenters. The van der Waals surface area contributed by atoms with E-state index in [0.717, 1.165) is 66.4 Å². The number of piperidine rings is 2. The van der Waals surface area contributed by atoms with E-state index in [1.165, 1.54) is 30.6 Å². The number of thioether (sulfide) groups is 1. The van der Waals surface area contributed by atoms with Crippen LogP contribution in [-0.2, 0) is 0 Å². The van der Waals surface area contributed by atoms with Gasteiger partial charge in [-0.25, -0.2) is 4.98 Å². The fourth-order valence-corrected chi connectivity index (χ4v) is 6.56. The topological polar surface area (TPSA) is 72.3 Å². The van der Waals surface area contributed by atoms with Gasteiger partial charge in [0.05, 0.1) is 23.2 Å². The lowest BCUT2D eigenvalue weighted by Crippen LogP contribution is -2.36. The zero-order chi connectivity index (χ0) is 25.3. The van der Waals surface area contributed by atoms with E-state index in [2.05, 4.69) is 47.2 Å². The maximum Gasteiger partial charge on any atom is 0.259 e. The number of rotatable bonds is 6. The zero-order valence-electron chi connectivity index (χ0n) is 21.8. The maximum atomic E-state index is 13.8. The monoisotopic (exact) mass is 503 g/mol. The van der Waals surface area contributed by atoms with Gasteiger partial charge in [-0.3, -0.25) is 4.79 Å². The van der Waals surface area contributed by atoms with E-state index >= 15 is 0 Å². The standard InChI is InChI=1S/C29H37N5OS/c1-4-36-23-16-21(3)27(24(17-23)33-12-9-29(7-8-29)10-13-33)28(35)32-25-14-20(2)15-26(31-25)34-11-5-6-22(18-30)19-34/h14-17,22H,4-13,19H2,1-3H3,(H,31,32,35)/t22-/m0/s1. The second-order valence-electron chi connectivity index (χ2n) is 10.8. The third-order valence-electron chi connectivity index (χ3n) is 8.07. The van der Waals surface area contributed by atoms with Gasteiger partial charge in [-0.1, -0.05) is 6.92 Å². The fourth-order valence-electron chi connectivity index (χ4n) is 5.77. The molecule has 1 atom stereocenters. The van der Waals surface area contributed by atoms with Crippen molar-refractivity contribution in [1.82, 2.24) is 4.98 Å². The summed E-state index contributed by atoms with van der Waals surface area (Å²) in [6, 6.07) is 10.7.